The van der Waals surface area contributed by atoms with Crippen LogP contribution in [0.2, 0.25) is 0 Å². The smallest absolute Gasteiger partial charge is 0.0657 e. The number of fused-ring (bicyclic) bond motifs is 2. The summed E-state index contributed by atoms with van der Waals surface area (Å²) in [6.45, 7) is 6.72. The molecule has 0 radical (unpaired) electrons. The summed E-state index contributed by atoms with van der Waals surface area (Å²) >= 11 is 0. The molecule has 2 aliphatic carbocycles. The van der Waals surface area contributed by atoms with Gasteiger partial charge in [0.2, 0.25) is 0 Å². The molecule has 2 saturated carbocycles. The lowest BCUT2D eigenvalue weighted by molar-refractivity contribution is -0.0886. The summed E-state index contributed by atoms with van der Waals surface area (Å²) in [4.78, 5) is 0. The Hall–Kier alpha value is -0.0800. The van der Waals surface area contributed by atoms with Crippen LogP contribution in [0.25, 0.3) is 0 Å². The van der Waals surface area contributed by atoms with Crippen LogP contribution in [0.3, 0.4) is 0 Å². The van der Waals surface area contributed by atoms with Gasteiger partial charge in [0.25, 0.3) is 0 Å². The molecule has 2 bridgehead atoms. The first-order valence-electron chi connectivity index (χ1n) is 5.15. The molecule has 13 heavy (non-hydrogen) atoms. The molecule has 0 aromatic carbocycles. The van der Waals surface area contributed by atoms with Crippen molar-refractivity contribution in [3.63, 3.8) is 0 Å². The van der Waals surface area contributed by atoms with Crippen molar-refractivity contribution in [1.29, 1.82) is 0 Å². The van der Waals surface area contributed by atoms with E-state index in [0.29, 0.717) is 5.92 Å². The van der Waals surface area contributed by atoms with Gasteiger partial charge in [-0.25, -0.2) is 0 Å². The highest BCUT2D eigenvalue weighted by Crippen LogP contribution is 2.65. The molecule has 0 saturated heterocycles. The van der Waals surface area contributed by atoms with Crippen LogP contribution < -0.4 is 0 Å². The normalized spacial score (nSPS) is 52.8. The van der Waals surface area contributed by atoms with Gasteiger partial charge in [0.05, 0.1) is 12.2 Å². The van der Waals surface area contributed by atoms with Crippen molar-refractivity contribution in [2.24, 2.45) is 16.7 Å². The van der Waals surface area contributed by atoms with E-state index in [0.717, 1.165) is 12.8 Å². The van der Waals surface area contributed by atoms with Gasteiger partial charge in [0.15, 0.2) is 0 Å². The topological polar surface area (TPSA) is 29.5 Å². The Balaban J connectivity index is 2.39. The van der Waals surface area contributed by atoms with E-state index in [1.54, 1.807) is 7.11 Å². The first-order valence-corrected chi connectivity index (χ1v) is 5.15. The molecule has 0 heterocycles. The Morgan fingerprint density at radius 3 is 2.15 bits per heavy atom. The predicted octanol–water partition coefficient (Wildman–Crippen LogP) is 1.82. The third-order valence-corrected chi connectivity index (χ3v) is 5.06. The quantitative estimate of drug-likeness (QED) is 0.673. The van der Waals surface area contributed by atoms with Crippen molar-refractivity contribution in [2.75, 3.05) is 7.11 Å². The fraction of sp³-hybridized carbons (Fsp3) is 1.00. The van der Waals surface area contributed by atoms with Crippen molar-refractivity contribution in [3.05, 3.63) is 0 Å². The first kappa shape index (κ1) is 9.47. The number of aliphatic hydroxyl groups excluding tert-OH is 1. The molecule has 4 atom stereocenters. The first-order chi connectivity index (χ1) is 5.94. The van der Waals surface area contributed by atoms with Crippen molar-refractivity contribution in [1.82, 2.24) is 0 Å². The number of methoxy groups -OCH3 is 1. The maximum atomic E-state index is 10.0. The second-order valence-electron chi connectivity index (χ2n) is 5.41. The Bertz CT molecular complexity index is 224. The van der Waals surface area contributed by atoms with Crippen LogP contribution in [0.1, 0.15) is 33.6 Å². The van der Waals surface area contributed by atoms with Gasteiger partial charge in [-0.15, -0.1) is 0 Å². The molecule has 2 heteroatoms. The molecule has 0 aromatic heterocycles. The highest BCUT2D eigenvalue weighted by molar-refractivity contribution is 5.15. The Labute approximate surface area is 80.3 Å². The summed E-state index contributed by atoms with van der Waals surface area (Å²) < 4.78 is 5.49. The van der Waals surface area contributed by atoms with Crippen molar-refractivity contribution < 1.29 is 9.84 Å². The monoisotopic (exact) mass is 184 g/mol. The third-order valence-electron chi connectivity index (χ3n) is 5.06. The van der Waals surface area contributed by atoms with Gasteiger partial charge in [-0.05, 0) is 24.2 Å². The minimum atomic E-state index is -0.175. The molecule has 0 aliphatic heterocycles. The molecular formula is C11H20O2. The second-order valence-corrected chi connectivity index (χ2v) is 5.41. The molecule has 4 unspecified atom stereocenters. The molecule has 0 spiro atoms. The molecule has 2 rings (SSSR count). The van der Waals surface area contributed by atoms with Gasteiger partial charge in [0.1, 0.15) is 0 Å². The number of aliphatic hydroxyl groups is 1. The molecule has 0 amide bonds. The maximum Gasteiger partial charge on any atom is 0.0657 e. The van der Waals surface area contributed by atoms with Crippen molar-refractivity contribution in [2.45, 2.75) is 45.8 Å². The summed E-state index contributed by atoms with van der Waals surface area (Å²) in [7, 11) is 1.76. The molecule has 2 fully saturated rings. The highest BCUT2D eigenvalue weighted by Gasteiger charge is 2.66. The second kappa shape index (κ2) is 2.48. The SMILES string of the molecule is COC1CC2CC(O)C1(C)C2(C)C. The molecule has 76 valence electrons. The number of hydrogen-bond acceptors (Lipinski definition) is 2. The average molecular weight is 184 g/mol. The molecule has 0 aromatic rings. The lowest BCUT2D eigenvalue weighted by Crippen LogP contribution is -2.45. The van der Waals surface area contributed by atoms with E-state index in [9.17, 15) is 5.11 Å². The Kier molecular flexibility index (Phi) is 1.81. The summed E-state index contributed by atoms with van der Waals surface area (Å²) in [6, 6.07) is 0. The minimum Gasteiger partial charge on any atom is -0.392 e. The van der Waals surface area contributed by atoms with E-state index in [4.69, 9.17) is 4.74 Å². The number of rotatable bonds is 1. The standard InChI is InChI=1S/C11H20O2/c1-10(2)7-5-8(12)11(10,3)9(6-7)13-4/h7-9,12H,5-6H2,1-4H3. The van der Waals surface area contributed by atoms with Gasteiger partial charge in [-0.1, -0.05) is 20.8 Å². The third kappa shape index (κ3) is 0.861. The summed E-state index contributed by atoms with van der Waals surface area (Å²) in [5, 5.41) is 10.0. The van der Waals surface area contributed by atoms with E-state index in [1.165, 1.54) is 0 Å². The minimum absolute atomic E-state index is 0.0353. The molecular weight excluding hydrogens is 164 g/mol. The van der Waals surface area contributed by atoms with Crippen LogP contribution in [0.15, 0.2) is 0 Å². The zero-order valence-corrected chi connectivity index (χ0v) is 9.00. The lowest BCUT2D eigenvalue weighted by Gasteiger charge is -2.40. The van der Waals surface area contributed by atoms with Gasteiger partial charge in [-0.2, -0.15) is 0 Å². The summed E-state index contributed by atoms with van der Waals surface area (Å²) in [5.41, 5.74) is 0.194. The lowest BCUT2D eigenvalue weighted by atomic mass is 9.69. The fourth-order valence-corrected chi connectivity index (χ4v) is 3.54. The Morgan fingerprint density at radius 2 is 1.85 bits per heavy atom. The maximum absolute atomic E-state index is 10.0. The molecule has 2 aliphatic rings. The van der Waals surface area contributed by atoms with Crippen molar-refractivity contribution >= 4 is 0 Å². The van der Waals surface area contributed by atoms with E-state index in [-0.39, 0.29) is 23.0 Å². The van der Waals surface area contributed by atoms with Crippen LogP contribution in [0.5, 0.6) is 0 Å². The van der Waals surface area contributed by atoms with E-state index in [2.05, 4.69) is 20.8 Å². The number of ether oxygens (including phenoxy) is 1. The van der Waals surface area contributed by atoms with E-state index in [1.807, 2.05) is 0 Å². The average Bonchev–Trinajstić information content (AvgIpc) is 2.34. The zero-order valence-electron chi connectivity index (χ0n) is 9.00. The Morgan fingerprint density at radius 1 is 1.23 bits per heavy atom. The van der Waals surface area contributed by atoms with Crippen LogP contribution in [0, 0.1) is 16.7 Å². The van der Waals surface area contributed by atoms with Gasteiger partial charge in [-0.3, -0.25) is 0 Å². The molecule has 2 nitrogen and oxygen atoms in total. The number of hydrogen-bond donors (Lipinski definition) is 1. The largest absolute Gasteiger partial charge is 0.392 e. The van der Waals surface area contributed by atoms with Crippen LogP contribution in [0.4, 0.5) is 0 Å². The van der Waals surface area contributed by atoms with E-state index < -0.39 is 0 Å². The van der Waals surface area contributed by atoms with Crippen LogP contribution in [-0.4, -0.2) is 24.4 Å². The van der Waals surface area contributed by atoms with Gasteiger partial charge >= 0.3 is 0 Å². The fourth-order valence-electron chi connectivity index (χ4n) is 3.54. The molecule has 1 N–H and O–H groups in total. The van der Waals surface area contributed by atoms with Gasteiger partial charge in [0, 0.05) is 12.5 Å². The summed E-state index contributed by atoms with van der Waals surface area (Å²) in [6.07, 6.45) is 2.16. The van der Waals surface area contributed by atoms with Gasteiger partial charge < -0.3 is 9.84 Å². The summed E-state index contributed by atoms with van der Waals surface area (Å²) in [5.74, 6) is 0.637. The zero-order chi connectivity index (χ0) is 9.85. The predicted molar refractivity (Wildman–Crippen MR) is 51.4 cm³/mol. The highest BCUT2D eigenvalue weighted by atomic mass is 16.5. The van der Waals surface area contributed by atoms with Crippen LogP contribution in [-0.2, 0) is 4.74 Å². The van der Waals surface area contributed by atoms with Crippen LogP contribution >= 0.6 is 0 Å². The van der Waals surface area contributed by atoms with Crippen molar-refractivity contribution in [3.8, 4) is 0 Å². The van der Waals surface area contributed by atoms with E-state index >= 15 is 0 Å².